The molecule has 1 aliphatic carbocycles. The number of hydrogen-bond donors (Lipinski definition) is 0. The van der Waals surface area contributed by atoms with E-state index in [0.29, 0.717) is 0 Å². The minimum Gasteiger partial charge on any atom is -0.454 e. The standard InChI is InChI=1S/C41H25NO/c1-2-12-31-30(11-1)32-13-3-4-15-34(32)36-20-18-28(24-37(36)35-16-6-5-14-33(31)35)26-9-7-10-27(23-26)29-19-21-39-38(25-29)41-40(43-39)17-8-22-42-41/h1-25H. The molecule has 0 unspecified atom stereocenters. The minimum absolute atomic E-state index is 0.814. The molecule has 2 nitrogen and oxygen atoms in total. The number of rotatable bonds is 2. The van der Waals surface area contributed by atoms with Crippen molar-refractivity contribution in [1.82, 2.24) is 4.98 Å². The van der Waals surface area contributed by atoms with Crippen LogP contribution in [0.2, 0.25) is 0 Å². The number of fused-ring (bicyclic) bond motifs is 11. The van der Waals surface area contributed by atoms with Gasteiger partial charge in [-0.05, 0) is 103 Å². The zero-order valence-corrected chi connectivity index (χ0v) is 23.3. The van der Waals surface area contributed by atoms with Gasteiger partial charge in [-0.1, -0.05) is 109 Å². The quantitative estimate of drug-likeness (QED) is 0.215. The van der Waals surface area contributed by atoms with Gasteiger partial charge >= 0.3 is 0 Å². The summed E-state index contributed by atoms with van der Waals surface area (Å²) in [7, 11) is 0. The van der Waals surface area contributed by atoms with E-state index in [1.165, 1.54) is 55.6 Å². The van der Waals surface area contributed by atoms with Crippen LogP contribution in [0.3, 0.4) is 0 Å². The first kappa shape index (κ1) is 23.9. The predicted octanol–water partition coefficient (Wildman–Crippen LogP) is 11.3. The molecule has 1 aliphatic rings. The van der Waals surface area contributed by atoms with Crippen LogP contribution in [0, 0.1) is 0 Å². The van der Waals surface area contributed by atoms with Gasteiger partial charge in [0.25, 0.3) is 0 Å². The van der Waals surface area contributed by atoms with E-state index >= 15 is 0 Å². The van der Waals surface area contributed by atoms with Crippen molar-refractivity contribution < 1.29 is 4.42 Å². The van der Waals surface area contributed by atoms with E-state index in [1.807, 2.05) is 18.3 Å². The van der Waals surface area contributed by atoms with Crippen LogP contribution in [0.5, 0.6) is 0 Å². The number of nitrogens with zero attached hydrogens (tertiary/aromatic N) is 1. The highest BCUT2D eigenvalue weighted by Gasteiger charge is 2.22. The van der Waals surface area contributed by atoms with Crippen LogP contribution in [0.25, 0.3) is 88.8 Å². The Morgan fingerprint density at radius 1 is 0.349 bits per heavy atom. The van der Waals surface area contributed by atoms with E-state index in [-0.39, 0.29) is 0 Å². The van der Waals surface area contributed by atoms with Gasteiger partial charge in [0.05, 0.1) is 0 Å². The summed E-state index contributed by atoms with van der Waals surface area (Å²) in [6.45, 7) is 0. The summed E-state index contributed by atoms with van der Waals surface area (Å²) in [6, 6.07) is 52.4. The van der Waals surface area contributed by atoms with Crippen molar-refractivity contribution in [3.63, 3.8) is 0 Å². The average Bonchev–Trinajstić information content (AvgIpc) is 3.46. The van der Waals surface area contributed by atoms with Crippen molar-refractivity contribution >= 4 is 22.1 Å². The molecule has 6 aromatic carbocycles. The van der Waals surface area contributed by atoms with Gasteiger partial charge in [0, 0.05) is 11.6 Å². The van der Waals surface area contributed by atoms with Gasteiger partial charge in [0.1, 0.15) is 11.1 Å². The molecular weight excluding hydrogens is 522 g/mol. The summed E-state index contributed by atoms with van der Waals surface area (Å²) in [6.07, 6.45) is 1.82. The van der Waals surface area contributed by atoms with E-state index in [0.717, 1.165) is 33.2 Å². The predicted molar refractivity (Wildman–Crippen MR) is 178 cm³/mol. The van der Waals surface area contributed by atoms with Crippen LogP contribution >= 0.6 is 0 Å². The van der Waals surface area contributed by atoms with Crippen molar-refractivity contribution in [2.24, 2.45) is 0 Å². The van der Waals surface area contributed by atoms with E-state index in [9.17, 15) is 0 Å². The first-order valence-corrected chi connectivity index (χ1v) is 14.6. The Balaban J connectivity index is 1.22. The van der Waals surface area contributed by atoms with Crippen LogP contribution in [0.1, 0.15) is 0 Å². The first-order valence-electron chi connectivity index (χ1n) is 14.6. The molecule has 0 saturated carbocycles. The van der Waals surface area contributed by atoms with E-state index in [1.54, 1.807) is 0 Å². The lowest BCUT2D eigenvalue weighted by Crippen LogP contribution is -1.97. The second kappa shape index (κ2) is 9.40. The van der Waals surface area contributed by atoms with Crippen molar-refractivity contribution in [1.29, 1.82) is 0 Å². The van der Waals surface area contributed by atoms with Gasteiger partial charge < -0.3 is 4.42 Å². The van der Waals surface area contributed by atoms with Crippen LogP contribution in [-0.4, -0.2) is 4.98 Å². The minimum atomic E-state index is 0.814. The molecule has 0 aliphatic heterocycles. The summed E-state index contributed by atoms with van der Waals surface area (Å²) >= 11 is 0. The zero-order valence-electron chi connectivity index (χ0n) is 23.3. The fourth-order valence-electron chi connectivity index (χ4n) is 6.70. The third-order valence-corrected chi connectivity index (χ3v) is 8.72. The molecule has 200 valence electrons. The Hall–Kier alpha value is -5.73. The normalized spacial score (nSPS) is 11.7. The SMILES string of the molecule is c1cc(-c2ccc3c(c2)-c2ccccc2-c2ccccc2-c2ccccc2-3)cc(-c2ccc3oc4cccnc4c3c2)c1. The number of hydrogen-bond acceptors (Lipinski definition) is 2. The van der Waals surface area contributed by atoms with Gasteiger partial charge in [-0.25, -0.2) is 0 Å². The molecule has 2 heterocycles. The van der Waals surface area contributed by atoms with Crippen LogP contribution < -0.4 is 0 Å². The molecule has 2 heteroatoms. The lowest BCUT2D eigenvalue weighted by atomic mass is 9.80. The number of furan rings is 1. The highest BCUT2D eigenvalue weighted by atomic mass is 16.3. The molecule has 0 saturated heterocycles. The number of pyridine rings is 1. The lowest BCUT2D eigenvalue weighted by molar-refractivity contribution is 0.668. The number of benzene rings is 6. The molecule has 0 bridgehead atoms. The molecule has 8 aromatic rings. The van der Waals surface area contributed by atoms with Gasteiger partial charge in [-0.15, -0.1) is 0 Å². The molecule has 0 radical (unpaired) electrons. The Morgan fingerprint density at radius 2 is 0.860 bits per heavy atom. The molecule has 0 fully saturated rings. The maximum atomic E-state index is 6.02. The second-order valence-corrected chi connectivity index (χ2v) is 11.1. The monoisotopic (exact) mass is 547 g/mol. The van der Waals surface area contributed by atoms with Gasteiger partial charge in [0.15, 0.2) is 5.58 Å². The van der Waals surface area contributed by atoms with Crippen LogP contribution in [0.4, 0.5) is 0 Å². The highest BCUT2D eigenvalue weighted by molar-refractivity contribution is 6.05. The molecule has 0 amide bonds. The van der Waals surface area contributed by atoms with Crippen molar-refractivity contribution in [3.05, 3.63) is 152 Å². The summed E-state index contributed by atoms with van der Waals surface area (Å²) in [5.41, 5.74) is 17.3. The van der Waals surface area contributed by atoms with Gasteiger partial charge in [-0.3, -0.25) is 4.98 Å². The molecule has 0 atom stereocenters. The molecule has 0 N–H and O–H groups in total. The van der Waals surface area contributed by atoms with Crippen LogP contribution in [-0.2, 0) is 0 Å². The van der Waals surface area contributed by atoms with Crippen LogP contribution in [0.15, 0.2) is 156 Å². The third-order valence-electron chi connectivity index (χ3n) is 8.72. The van der Waals surface area contributed by atoms with Crippen molar-refractivity contribution in [2.45, 2.75) is 0 Å². The Labute approximate surface area is 249 Å². The maximum Gasteiger partial charge on any atom is 0.153 e. The van der Waals surface area contributed by atoms with Crippen molar-refractivity contribution in [3.8, 4) is 66.8 Å². The maximum absolute atomic E-state index is 6.02. The Kier molecular flexibility index (Phi) is 5.23. The zero-order chi connectivity index (χ0) is 28.3. The molecule has 43 heavy (non-hydrogen) atoms. The smallest absolute Gasteiger partial charge is 0.153 e. The largest absolute Gasteiger partial charge is 0.454 e. The number of aromatic nitrogens is 1. The Morgan fingerprint density at radius 3 is 1.49 bits per heavy atom. The molecular formula is C41H25NO. The van der Waals surface area contributed by atoms with E-state index < -0.39 is 0 Å². The lowest BCUT2D eigenvalue weighted by Gasteiger charge is -2.23. The molecule has 0 spiro atoms. The summed E-state index contributed by atoms with van der Waals surface area (Å²) in [5, 5.41) is 1.04. The fraction of sp³-hybridized carbons (Fsp3) is 0. The molecule has 2 aromatic heterocycles. The van der Waals surface area contributed by atoms with Gasteiger partial charge in [-0.2, -0.15) is 0 Å². The highest BCUT2D eigenvalue weighted by Crippen LogP contribution is 2.48. The third kappa shape index (κ3) is 3.77. The molecule has 9 rings (SSSR count). The summed E-state index contributed by atoms with van der Waals surface area (Å²) < 4.78 is 6.02. The summed E-state index contributed by atoms with van der Waals surface area (Å²) in [4.78, 5) is 4.58. The van der Waals surface area contributed by atoms with E-state index in [4.69, 9.17) is 4.42 Å². The topological polar surface area (TPSA) is 26.0 Å². The summed E-state index contributed by atoms with van der Waals surface area (Å²) in [5.74, 6) is 0. The van der Waals surface area contributed by atoms with E-state index in [2.05, 4.69) is 138 Å². The van der Waals surface area contributed by atoms with Gasteiger partial charge in [0.2, 0.25) is 0 Å². The second-order valence-electron chi connectivity index (χ2n) is 11.1. The average molecular weight is 548 g/mol. The fourth-order valence-corrected chi connectivity index (χ4v) is 6.70. The van der Waals surface area contributed by atoms with Crippen molar-refractivity contribution in [2.75, 3.05) is 0 Å². The Bertz CT molecular complexity index is 2350. The first-order chi connectivity index (χ1) is 21.3.